The molecule has 0 fully saturated rings. The van der Waals surface area contributed by atoms with Crippen LogP contribution in [0.5, 0.6) is 0 Å². The summed E-state index contributed by atoms with van der Waals surface area (Å²) in [6.45, 7) is 14.1. The van der Waals surface area contributed by atoms with Gasteiger partial charge in [0.05, 0.1) is 12.2 Å². The summed E-state index contributed by atoms with van der Waals surface area (Å²) in [5.74, 6) is 0. The molecule has 4 nitrogen and oxygen atoms in total. The molecule has 2 atom stereocenters. The van der Waals surface area contributed by atoms with Crippen LogP contribution in [-0.2, 0) is 0 Å². The third-order valence-electron chi connectivity index (χ3n) is 6.15. The minimum absolute atomic E-state index is 0.338. The fourth-order valence-electron chi connectivity index (χ4n) is 4.44. The molecule has 188 valence electrons. The van der Waals surface area contributed by atoms with Crippen LogP contribution >= 0.6 is 0 Å². The molecule has 0 rings (SSSR count). The maximum Gasteiger partial charge on any atom is 0.0639 e. The van der Waals surface area contributed by atoms with Crippen molar-refractivity contribution >= 4 is 0 Å². The van der Waals surface area contributed by atoms with Crippen LogP contribution in [-0.4, -0.2) is 71.5 Å². The van der Waals surface area contributed by atoms with Crippen molar-refractivity contribution in [2.75, 3.05) is 39.3 Å². The van der Waals surface area contributed by atoms with Gasteiger partial charge in [-0.25, -0.2) is 0 Å². The number of hydrogen-bond acceptors (Lipinski definition) is 4. The summed E-state index contributed by atoms with van der Waals surface area (Å²) in [6.07, 6.45) is 19.7. The SMILES string of the molecule is CCCCCCCCCN(CCCCCCCCC)CCCN(CC(C)O)CC(C)O. The Morgan fingerprint density at radius 3 is 1.16 bits per heavy atom. The zero-order valence-electron chi connectivity index (χ0n) is 21.8. The summed E-state index contributed by atoms with van der Waals surface area (Å²) < 4.78 is 0. The summed E-state index contributed by atoms with van der Waals surface area (Å²) in [7, 11) is 0. The maximum absolute atomic E-state index is 9.75. The van der Waals surface area contributed by atoms with Crippen LogP contribution in [0.1, 0.15) is 124 Å². The van der Waals surface area contributed by atoms with E-state index in [-0.39, 0.29) is 12.2 Å². The van der Waals surface area contributed by atoms with Gasteiger partial charge in [0.15, 0.2) is 0 Å². The van der Waals surface area contributed by atoms with E-state index in [4.69, 9.17) is 0 Å². The molecule has 0 radical (unpaired) electrons. The average Bonchev–Trinajstić information content (AvgIpc) is 2.71. The predicted molar refractivity (Wildman–Crippen MR) is 137 cm³/mol. The second kappa shape index (κ2) is 23.0. The second-order valence-corrected chi connectivity index (χ2v) is 9.90. The van der Waals surface area contributed by atoms with Gasteiger partial charge in [0.25, 0.3) is 0 Å². The molecule has 0 saturated heterocycles. The van der Waals surface area contributed by atoms with E-state index >= 15 is 0 Å². The van der Waals surface area contributed by atoms with E-state index in [1.165, 1.54) is 103 Å². The Labute approximate surface area is 195 Å². The molecule has 0 bridgehead atoms. The molecule has 2 unspecified atom stereocenters. The van der Waals surface area contributed by atoms with Crippen molar-refractivity contribution in [2.45, 2.75) is 136 Å². The molecule has 0 heterocycles. The van der Waals surface area contributed by atoms with E-state index in [0.717, 1.165) is 19.5 Å². The number of aliphatic hydroxyl groups excluding tert-OH is 2. The Balaban J connectivity index is 4.23. The van der Waals surface area contributed by atoms with E-state index in [1.807, 2.05) is 13.8 Å². The average molecular weight is 443 g/mol. The van der Waals surface area contributed by atoms with E-state index in [9.17, 15) is 10.2 Å². The van der Waals surface area contributed by atoms with Gasteiger partial charge in [-0.1, -0.05) is 90.9 Å². The maximum atomic E-state index is 9.75. The van der Waals surface area contributed by atoms with Crippen molar-refractivity contribution in [3.63, 3.8) is 0 Å². The molecular formula is C27H58N2O2. The van der Waals surface area contributed by atoms with E-state index in [0.29, 0.717) is 13.1 Å². The van der Waals surface area contributed by atoms with E-state index in [2.05, 4.69) is 23.6 Å². The van der Waals surface area contributed by atoms with Gasteiger partial charge in [-0.2, -0.15) is 0 Å². The monoisotopic (exact) mass is 442 g/mol. The van der Waals surface area contributed by atoms with Crippen molar-refractivity contribution < 1.29 is 10.2 Å². The summed E-state index contributed by atoms with van der Waals surface area (Å²) in [5.41, 5.74) is 0. The van der Waals surface area contributed by atoms with Gasteiger partial charge >= 0.3 is 0 Å². The number of unbranched alkanes of at least 4 members (excludes halogenated alkanes) is 12. The molecule has 31 heavy (non-hydrogen) atoms. The largest absolute Gasteiger partial charge is 0.392 e. The first kappa shape index (κ1) is 30.8. The van der Waals surface area contributed by atoms with Gasteiger partial charge < -0.3 is 15.1 Å². The summed E-state index contributed by atoms with van der Waals surface area (Å²) in [4.78, 5) is 4.90. The highest BCUT2D eigenvalue weighted by molar-refractivity contribution is 4.67. The van der Waals surface area contributed by atoms with Crippen molar-refractivity contribution in [1.29, 1.82) is 0 Å². The summed E-state index contributed by atoms with van der Waals surface area (Å²) >= 11 is 0. The van der Waals surface area contributed by atoms with Gasteiger partial charge in [-0.3, -0.25) is 4.90 Å². The standard InChI is InChI=1S/C27H58N2O2/c1-5-7-9-11-13-15-17-20-28(21-18-16-14-12-10-8-6-2)22-19-23-29(24-26(3)30)25-27(4)31/h26-27,30-31H,5-25H2,1-4H3. The minimum Gasteiger partial charge on any atom is -0.392 e. The molecule has 0 spiro atoms. The lowest BCUT2D eigenvalue weighted by atomic mass is 10.1. The Morgan fingerprint density at radius 1 is 0.452 bits per heavy atom. The van der Waals surface area contributed by atoms with Gasteiger partial charge in [0.1, 0.15) is 0 Å². The number of rotatable bonds is 24. The lowest BCUT2D eigenvalue weighted by Crippen LogP contribution is -2.38. The zero-order valence-corrected chi connectivity index (χ0v) is 21.8. The highest BCUT2D eigenvalue weighted by Crippen LogP contribution is 2.11. The van der Waals surface area contributed by atoms with Gasteiger partial charge in [-0.05, 0) is 59.3 Å². The number of nitrogens with zero attached hydrogens (tertiary/aromatic N) is 2. The minimum atomic E-state index is -0.338. The molecule has 0 aliphatic rings. The molecule has 0 aromatic carbocycles. The van der Waals surface area contributed by atoms with Crippen LogP contribution in [0.15, 0.2) is 0 Å². The molecule has 2 N–H and O–H groups in total. The molecular weight excluding hydrogens is 384 g/mol. The first-order valence-corrected chi connectivity index (χ1v) is 13.8. The van der Waals surface area contributed by atoms with Crippen molar-refractivity contribution in [1.82, 2.24) is 9.80 Å². The fraction of sp³-hybridized carbons (Fsp3) is 1.00. The van der Waals surface area contributed by atoms with Crippen LogP contribution in [0.25, 0.3) is 0 Å². The zero-order chi connectivity index (χ0) is 23.2. The Kier molecular flexibility index (Phi) is 22.9. The van der Waals surface area contributed by atoms with Crippen LogP contribution in [0.3, 0.4) is 0 Å². The van der Waals surface area contributed by atoms with Crippen LogP contribution in [0.2, 0.25) is 0 Å². The lowest BCUT2D eigenvalue weighted by molar-refractivity contribution is 0.0805. The lowest BCUT2D eigenvalue weighted by Gasteiger charge is -2.27. The Hall–Kier alpha value is -0.160. The molecule has 0 saturated carbocycles. The summed E-state index contributed by atoms with van der Waals surface area (Å²) in [5, 5.41) is 19.5. The predicted octanol–water partition coefficient (Wildman–Crippen LogP) is 6.24. The summed E-state index contributed by atoms with van der Waals surface area (Å²) in [6, 6.07) is 0. The van der Waals surface area contributed by atoms with E-state index in [1.54, 1.807) is 0 Å². The first-order chi connectivity index (χ1) is 15.0. The fourth-order valence-corrected chi connectivity index (χ4v) is 4.44. The van der Waals surface area contributed by atoms with E-state index < -0.39 is 0 Å². The van der Waals surface area contributed by atoms with Crippen LogP contribution in [0.4, 0.5) is 0 Å². The highest BCUT2D eigenvalue weighted by Gasteiger charge is 2.12. The smallest absolute Gasteiger partial charge is 0.0639 e. The Bertz CT molecular complexity index is 322. The molecule has 0 aromatic heterocycles. The Morgan fingerprint density at radius 2 is 0.774 bits per heavy atom. The van der Waals surface area contributed by atoms with Gasteiger partial charge in [0, 0.05) is 13.1 Å². The first-order valence-electron chi connectivity index (χ1n) is 13.8. The normalized spacial score (nSPS) is 13.9. The van der Waals surface area contributed by atoms with Gasteiger partial charge in [0.2, 0.25) is 0 Å². The van der Waals surface area contributed by atoms with Gasteiger partial charge in [-0.15, -0.1) is 0 Å². The van der Waals surface area contributed by atoms with Crippen molar-refractivity contribution in [3.8, 4) is 0 Å². The molecule has 4 heteroatoms. The third kappa shape index (κ3) is 22.8. The van der Waals surface area contributed by atoms with Crippen LogP contribution < -0.4 is 0 Å². The highest BCUT2D eigenvalue weighted by atomic mass is 16.3. The second-order valence-electron chi connectivity index (χ2n) is 9.90. The number of hydrogen-bond donors (Lipinski definition) is 2. The molecule has 0 aliphatic heterocycles. The van der Waals surface area contributed by atoms with Crippen LogP contribution in [0, 0.1) is 0 Å². The van der Waals surface area contributed by atoms with Crippen molar-refractivity contribution in [3.05, 3.63) is 0 Å². The topological polar surface area (TPSA) is 46.9 Å². The number of aliphatic hydroxyl groups is 2. The molecule has 0 aliphatic carbocycles. The quantitative estimate of drug-likeness (QED) is 0.174. The molecule has 0 aromatic rings. The molecule has 0 amide bonds. The third-order valence-corrected chi connectivity index (χ3v) is 6.15. The van der Waals surface area contributed by atoms with Crippen molar-refractivity contribution in [2.24, 2.45) is 0 Å².